The van der Waals surface area contributed by atoms with E-state index in [0.29, 0.717) is 0 Å². The second-order valence-corrected chi connectivity index (χ2v) is 6.02. The third-order valence-electron chi connectivity index (χ3n) is 3.53. The summed E-state index contributed by atoms with van der Waals surface area (Å²) < 4.78 is 0.959. The molecule has 1 aromatic rings. The maximum Gasteiger partial charge on any atom is 0.243 e. The van der Waals surface area contributed by atoms with Crippen LogP contribution in [-0.2, 0) is 9.59 Å². The molecule has 1 fully saturated rings. The van der Waals surface area contributed by atoms with Crippen molar-refractivity contribution in [3.05, 3.63) is 28.7 Å². The number of rotatable bonds is 4. The third-order valence-corrected chi connectivity index (χ3v) is 4.06. The fourth-order valence-electron chi connectivity index (χ4n) is 2.41. The normalized spacial score (nSPS) is 15.7. The van der Waals surface area contributed by atoms with Gasteiger partial charge in [0.25, 0.3) is 0 Å². The highest BCUT2D eigenvalue weighted by atomic mass is 79.9. The molecule has 0 bridgehead atoms. The Bertz CT molecular complexity index is 467. The van der Waals surface area contributed by atoms with Crippen LogP contribution in [-0.4, -0.2) is 18.4 Å². The first-order valence-electron chi connectivity index (χ1n) is 6.98. The van der Waals surface area contributed by atoms with Crippen LogP contribution in [0.5, 0.6) is 0 Å². The van der Waals surface area contributed by atoms with Crippen LogP contribution in [0.2, 0.25) is 0 Å². The van der Waals surface area contributed by atoms with E-state index in [-0.39, 0.29) is 24.3 Å². The Balaban J connectivity index is 1.74. The summed E-state index contributed by atoms with van der Waals surface area (Å²) in [4.78, 5) is 23.6. The number of hydrogen-bond donors (Lipinski definition) is 2. The monoisotopic (exact) mass is 338 g/mol. The summed E-state index contributed by atoms with van der Waals surface area (Å²) in [7, 11) is 0. The fraction of sp³-hybridized carbons (Fsp3) is 0.467. The number of amides is 2. The number of hydrogen-bond acceptors (Lipinski definition) is 2. The maximum absolute atomic E-state index is 11.9. The van der Waals surface area contributed by atoms with Crippen LogP contribution in [0.15, 0.2) is 28.7 Å². The molecule has 0 heterocycles. The Kier molecular flexibility index (Phi) is 5.59. The van der Waals surface area contributed by atoms with E-state index in [9.17, 15) is 9.59 Å². The summed E-state index contributed by atoms with van der Waals surface area (Å²) in [5.41, 5.74) is 0.727. The Labute approximate surface area is 127 Å². The van der Waals surface area contributed by atoms with Gasteiger partial charge < -0.3 is 10.6 Å². The Morgan fingerprint density at radius 2 is 1.75 bits per heavy atom. The van der Waals surface area contributed by atoms with Gasteiger partial charge in [0, 0.05) is 16.1 Å². The third kappa shape index (κ3) is 4.63. The van der Waals surface area contributed by atoms with E-state index in [2.05, 4.69) is 26.6 Å². The van der Waals surface area contributed by atoms with Gasteiger partial charge in [0.1, 0.15) is 0 Å². The van der Waals surface area contributed by atoms with Gasteiger partial charge >= 0.3 is 0 Å². The van der Waals surface area contributed by atoms with Crippen LogP contribution in [0.3, 0.4) is 0 Å². The van der Waals surface area contributed by atoms with Crippen molar-refractivity contribution in [3.63, 3.8) is 0 Å². The molecule has 1 aromatic carbocycles. The van der Waals surface area contributed by atoms with Crippen molar-refractivity contribution in [2.45, 2.75) is 32.1 Å². The summed E-state index contributed by atoms with van der Waals surface area (Å²) in [5.74, 6) is -0.101. The second kappa shape index (κ2) is 7.43. The van der Waals surface area contributed by atoms with Crippen molar-refractivity contribution in [1.29, 1.82) is 0 Å². The second-order valence-electron chi connectivity index (χ2n) is 5.11. The van der Waals surface area contributed by atoms with Crippen LogP contribution in [0.25, 0.3) is 0 Å². The van der Waals surface area contributed by atoms with Crippen LogP contribution >= 0.6 is 15.9 Å². The topological polar surface area (TPSA) is 58.2 Å². The summed E-state index contributed by atoms with van der Waals surface area (Å²) >= 11 is 3.34. The smallest absolute Gasteiger partial charge is 0.243 e. The molecule has 1 saturated carbocycles. The van der Waals surface area contributed by atoms with Crippen molar-refractivity contribution in [2.75, 3.05) is 11.9 Å². The Hall–Kier alpha value is -1.36. The van der Waals surface area contributed by atoms with Crippen LogP contribution in [0, 0.1) is 5.92 Å². The van der Waals surface area contributed by atoms with E-state index < -0.39 is 0 Å². The first-order valence-corrected chi connectivity index (χ1v) is 7.77. The zero-order valence-electron chi connectivity index (χ0n) is 11.3. The summed E-state index contributed by atoms with van der Waals surface area (Å²) in [5, 5.41) is 5.48. The highest BCUT2D eigenvalue weighted by Crippen LogP contribution is 2.23. The average molecular weight is 339 g/mol. The number of halogens is 1. The van der Waals surface area contributed by atoms with Crippen LogP contribution in [0.1, 0.15) is 32.1 Å². The predicted molar refractivity (Wildman–Crippen MR) is 82.4 cm³/mol. The van der Waals surface area contributed by atoms with Gasteiger partial charge in [-0.15, -0.1) is 0 Å². The van der Waals surface area contributed by atoms with Crippen LogP contribution in [0.4, 0.5) is 5.69 Å². The molecule has 0 atom stereocenters. The summed E-state index contributed by atoms with van der Waals surface area (Å²) in [6.07, 6.45) is 5.33. The van der Waals surface area contributed by atoms with Crippen LogP contribution < -0.4 is 10.6 Å². The molecule has 0 saturated heterocycles. The molecule has 2 rings (SSSR count). The lowest BCUT2D eigenvalue weighted by Gasteiger charge is -2.20. The molecule has 0 spiro atoms. The molecule has 2 amide bonds. The van der Waals surface area contributed by atoms with Gasteiger partial charge in [-0.05, 0) is 37.1 Å². The molecular formula is C15H19BrN2O2. The molecule has 108 valence electrons. The lowest BCUT2D eigenvalue weighted by atomic mass is 9.89. The van der Waals surface area contributed by atoms with E-state index in [0.717, 1.165) is 35.8 Å². The van der Waals surface area contributed by atoms with E-state index in [1.165, 1.54) is 6.42 Å². The number of anilines is 1. The summed E-state index contributed by atoms with van der Waals surface area (Å²) in [6.45, 7) is 0.0331. The molecule has 2 N–H and O–H groups in total. The Morgan fingerprint density at radius 3 is 2.40 bits per heavy atom. The molecule has 0 unspecified atom stereocenters. The number of nitrogens with one attached hydrogen (secondary N) is 2. The zero-order valence-corrected chi connectivity index (χ0v) is 12.9. The highest BCUT2D eigenvalue weighted by molar-refractivity contribution is 9.10. The van der Waals surface area contributed by atoms with Crippen molar-refractivity contribution < 1.29 is 9.59 Å². The lowest BCUT2D eigenvalue weighted by molar-refractivity contribution is -0.128. The minimum atomic E-state index is -0.198. The lowest BCUT2D eigenvalue weighted by Crippen LogP contribution is -2.37. The molecule has 1 aliphatic rings. The predicted octanol–water partition coefficient (Wildman–Crippen LogP) is 3.08. The van der Waals surface area contributed by atoms with Gasteiger partial charge in [0.15, 0.2) is 0 Å². The molecule has 0 aliphatic heterocycles. The summed E-state index contributed by atoms with van der Waals surface area (Å²) in [6, 6.07) is 7.34. The molecular weight excluding hydrogens is 320 g/mol. The fourth-order valence-corrected chi connectivity index (χ4v) is 2.68. The highest BCUT2D eigenvalue weighted by Gasteiger charge is 2.21. The van der Waals surface area contributed by atoms with Gasteiger partial charge in [-0.3, -0.25) is 9.59 Å². The SMILES string of the molecule is O=C(CNC(=O)C1CCCCC1)Nc1ccc(Br)cc1. The minimum absolute atomic E-state index is 0.00987. The number of carbonyl (C=O) groups is 2. The van der Waals surface area contributed by atoms with Crippen molar-refractivity contribution >= 4 is 33.4 Å². The van der Waals surface area contributed by atoms with Gasteiger partial charge in [-0.25, -0.2) is 0 Å². The van der Waals surface area contributed by atoms with Gasteiger partial charge in [-0.2, -0.15) is 0 Å². The maximum atomic E-state index is 11.9. The zero-order chi connectivity index (χ0) is 14.4. The van der Waals surface area contributed by atoms with Crippen molar-refractivity contribution in [1.82, 2.24) is 5.32 Å². The van der Waals surface area contributed by atoms with Gasteiger partial charge in [0.05, 0.1) is 6.54 Å². The van der Waals surface area contributed by atoms with Gasteiger partial charge in [-0.1, -0.05) is 35.2 Å². The number of benzene rings is 1. The first kappa shape index (κ1) is 15.0. The molecule has 4 nitrogen and oxygen atoms in total. The first-order chi connectivity index (χ1) is 9.65. The molecule has 0 aromatic heterocycles. The quantitative estimate of drug-likeness (QED) is 0.886. The standard InChI is InChI=1S/C15H19BrN2O2/c16-12-6-8-13(9-7-12)18-14(19)10-17-15(20)11-4-2-1-3-5-11/h6-9,11H,1-5,10H2,(H,17,20)(H,18,19). The van der Waals surface area contributed by atoms with Crippen molar-refractivity contribution in [3.8, 4) is 0 Å². The molecule has 20 heavy (non-hydrogen) atoms. The average Bonchev–Trinajstić information content (AvgIpc) is 2.48. The van der Waals surface area contributed by atoms with Crippen molar-refractivity contribution in [2.24, 2.45) is 5.92 Å². The molecule has 1 aliphatic carbocycles. The van der Waals surface area contributed by atoms with Gasteiger partial charge in [0.2, 0.25) is 11.8 Å². The molecule has 5 heteroatoms. The number of carbonyl (C=O) groups excluding carboxylic acids is 2. The molecule has 0 radical (unpaired) electrons. The van der Waals surface area contributed by atoms with E-state index in [1.54, 1.807) is 0 Å². The minimum Gasteiger partial charge on any atom is -0.347 e. The van der Waals surface area contributed by atoms with E-state index in [4.69, 9.17) is 0 Å². The Morgan fingerprint density at radius 1 is 1.10 bits per heavy atom. The largest absolute Gasteiger partial charge is 0.347 e. The van der Waals surface area contributed by atoms with E-state index in [1.807, 2.05) is 24.3 Å². The van der Waals surface area contributed by atoms with E-state index >= 15 is 0 Å².